The van der Waals surface area contributed by atoms with Crippen molar-refractivity contribution in [3.63, 3.8) is 0 Å². The van der Waals surface area contributed by atoms with Crippen molar-refractivity contribution in [3.05, 3.63) is 112 Å². The van der Waals surface area contributed by atoms with Gasteiger partial charge in [-0.05, 0) is 61.2 Å². The monoisotopic (exact) mass is 610 g/mol. The first-order chi connectivity index (χ1) is 21.5. The average Bonchev–Trinajstić information content (AvgIpc) is 3.75. The van der Waals surface area contributed by atoms with E-state index >= 15 is 0 Å². The second-order valence-corrected chi connectivity index (χ2v) is 11.6. The van der Waals surface area contributed by atoms with Gasteiger partial charge in [0.05, 0.1) is 22.5 Å². The first-order valence-corrected chi connectivity index (χ1v) is 15.4. The minimum atomic E-state index is -0.335. The van der Waals surface area contributed by atoms with Gasteiger partial charge in [-0.25, -0.2) is 9.97 Å². The Bertz CT molecular complexity index is 1760. The minimum Gasteiger partial charge on any atom is -0.397 e. The van der Waals surface area contributed by atoms with Crippen LogP contribution in [0.4, 0.5) is 11.4 Å². The number of carbonyl (C=O) groups is 2. The molecule has 4 heterocycles. The molecule has 1 fully saturated rings. The highest BCUT2D eigenvalue weighted by Gasteiger charge is 2.39. The fourth-order valence-electron chi connectivity index (χ4n) is 5.60. The van der Waals surface area contributed by atoms with Crippen LogP contribution in [-0.4, -0.2) is 53.1 Å². The van der Waals surface area contributed by atoms with E-state index in [1.54, 1.807) is 48.9 Å². The molecule has 1 atom stereocenters. The topological polar surface area (TPSA) is 133 Å². The van der Waals surface area contributed by atoms with E-state index in [0.717, 1.165) is 34.8 Å². The third-order valence-electron chi connectivity index (χ3n) is 8.15. The second-order valence-electron chi connectivity index (χ2n) is 10.8. The van der Waals surface area contributed by atoms with Crippen LogP contribution >= 0.6 is 11.3 Å². The molecule has 10 nitrogen and oxygen atoms in total. The van der Waals surface area contributed by atoms with Crippen LogP contribution in [0.25, 0.3) is 5.65 Å². The van der Waals surface area contributed by atoms with Crippen LogP contribution in [0.15, 0.2) is 84.6 Å². The molecule has 1 aliphatic rings. The van der Waals surface area contributed by atoms with Gasteiger partial charge in [-0.15, -0.1) is 11.3 Å². The third-order valence-corrected chi connectivity index (χ3v) is 9.22. The minimum absolute atomic E-state index is 0.158. The first-order valence-electron chi connectivity index (χ1n) is 14.5. The summed E-state index contributed by atoms with van der Waals surface area (Å²) in [6, 6.07) is 18.5. The van der Waals surface area contributed by atoms with Crippen molar-refractivity contribution in [2.75, 3.05) is 37.9 Å². The number of pyridine rings is 1. The summed E-state index contributed by atoms with van der Waals surface area (Å²) in [5.74, 6) is -0.376. The Morgan fingerprint density at radius 2 is 1.86 bits per heavy atom. The maximum Gasteiger partial charge on any atom is 0.255 e. The van der Waals surface area contributed by atoms with Gasteiger partial charge in [0, 0.05) is 62.0 Å². The van der Waals surface area contributed by atoms with Gasteiger partial charge in [0.1, 0.15) is 16.8 Å². The Hall–Kier alpha value is -4.58. The Morgan fingerprint density at radius 3 is 2.64 bits per heavy atom. The molecule has 44 heavy (non-hydrogen) atoms. The van der Waals surface area contributed by atoms with Crippen LogP contribution < -0.4 is 16.4 Å². The van der Waals surface area contributed by atoms with Gasteiger partial charge in [0.2, 0.25) is 0 Å². The Kier molecular flexibility index (Phi) is 8.69. The van der Waals surface area contributed by atoms with Crippen LogP contribution in [0, 0.1) is 0 Å². The average molecular weight is 611 g/mol. The van der Waals surface area contributed by atoms with Gasteiger partial charge in [-0.2, -0.15) is 0 Å². The molecule has 0 bridgehead atoms. The highest BCUT2D eigenvalue weighted by Crippen LogP contribution is 2.43. The van der Waals surface area contributed by atoms with Crippen molar-refractivity contribution < 1.29 is 19.1 Å². The fraction of sp³-hybridized carbons (Fsp3) is 0.273. The van der Waals surface area contributed by atoms with Gasteiger partial charge in [-0.3, -0.25) is 9.59 Å². The highest BCUT2D eigenvalue weighted by atomic mass is 32.1. The summed E-state index contributed by atoms with van der Waals surface area (Å²) in [7, 11) is 1.66. The normalized spacial score (nSPS) is 15.1. The summed E-state index contributed by atoms with van der Waals surface area (Å²) in [5, 5.41) is 8.91. The third kappa shape index (κ3) is 6.07. The van der Waals surface area contributed by atoms with E-state index in [4.69, 9.17) is 20.2 Å². The molecule has 1 saturated heterocycles. The molecule has 6 rings (SSSR count). The number of nitrogens with one attached hydrogen (secondary N) is 2. The summed E-state index contributed by atoms with van der Waals surface area (Å²) in [6.07, 6.45) is 7.21. The molecule has 0 aliphatic carbocycles. The molecule has 0 saturated carbocycles. The maximum atomic E-state index is 12.9. The van der Waals surface area contributed by atoms with E-state index in [9.17, 15) is 9.59 Å². The molecule has 3 aromatic heterocycles. The predicted molar refractivity (Wildman–Crippen MR) is 170 cm³/mol. The molecule has 0 spiro atoms. The lowest BCUT2D eigenvalue weighted by atomic mass is 9.74. The van der Waals surface area contributed by atoms with Crippen molar-refractivity contribution in [2.24, 2.45) is 0 Å². The molecule has 11 heteroatoms. The Labute approximate surface area is 259 Å². The number of nitrogens with two attached hydrogens (primary N) is 1. The van der Waals surface area contributed by atoms with Crippen molar-refractivity contribution in [2.45, 2.75) is 30.8 Å². The molecule has 2 aromatic carbocycles. The van der Waals surface area contributed by atoms with Gasteiger partial charge in [0.15, 0.2) is 0 Å². The van der Waals surface area contributed by atoms with E-state index < -0.39 is 0 Å². The zero-order chi connectivity index (χ0) is 30.5. The summed E-state index contributed by atoms with van der Waals surface area (Å²) < 4.78 is 13.4. The number of para-hydroxylation sites is 2. The van der Waals surface area contributed by atoms with Crippen LogP contribution in [0.5, 0.6) is 0 Å². The summed E-state index contributed by atoms with van der Waals surface area (Å²) >= 11 is 1.61. The second kappa shape index (κ2) is 13.0. The maximum absolute atomic E-state index is 12.9. The van der Waals surface area contributed by atoms with E-state index in [2.05, 4.69) is 15.6 Å². The zero-order valence-electron chi connectivity index (χ0n) is 24.4. The fourth-order valence-corrected chi connectivity index (χ4v) is 6.75. The number of amides is 2. The van der Waals surface area contributed by atoms with Gasteiger partial charge >= 0.3 is 0 Å². The van der Waals surface area contributed by atoms with E-state index in [1.165, 1.54) is 0 Å². The number of fused-ring (bicyclic) bond motifs is 1. The molecule has 4 N–H and O–H groups in total. The van der Waals surface area contributed by atoms with Crippen molar-refractivity contribution in [1.29, 1.82) is 0 Å². The quantitative estimate of drug-likeness (QED) is 0.185. The van der Waals surface area contributed by atoms with Gasteiger partial charge in [0.25, 0.3) is 11.8 Å². The largest absolute Gasteiger partial charge is 0.397 e. The summed E-state index contributed by atoms with van der Waals surface area (Å²) in [5.41, 5.74) is 10.5. The lowest BCUT2D eigenvalue weighted by molar-refractivity contribution is 0.0624. The number of carbonyl (C=O) groups excluding carboxylic acids is 2. The number of aromatic nitrogens is 3. The predicted octanol–water partition coefficient (Wildman–Crippen LogP) is 5.23. The van der Waals surface area contributed by atoms with E-state index in [1.807, 2.05) is 58.6 Å². The number of rotatable bonds is 10. The molecule has 2 amide bonds. The molecule has 5 aromatic rings. The first kappa shape index (κ1) is 29.5. The zero-order valence-corrected chi connectivity index (χ0v) is 25.2. The van der Waals surface area contributed by atoms with Crippen molar-refractivity contribution in [1.82, 2.24) is 19.7 Å². The number of benzene rings is 2. The Balaban J connectivity index is 1.14. The number of anilines is 2. The number of ether oxygens (including phenoxy) is 2. The van der Waals surface area contributed by atoms with Gasteiger partial charge < -0.3 is 30.2 Å². The standard InChI is InChI=1S/C33H34N6O4S/c1-42-28(10-14-36-30(40)23-11-16-39-17-15-35-29(39)20-23)27-21-44-32(38-27)33(12-18-43-19-13-33)24-8-6-22(7-9-24)31(41)37-26-5-3-2-4-25(26)34/h2-9,11,15-17,20-21,28H,10,12-14,18-19,34H2,1H3,(H,36,40)(H,37,41). The number of nitrogen functional groups attached to an aromatic ring is 1. The molecule has 1 unspecified atom stereocenters. The summed E-state index contributed by atoms with van der Waals surface area (Å²) in [4.78, 5) is 35.0. The lowest BCUT2D eigenvalue weighted by Crippen LogP contribution is -2.35. The summed E-state index contributed by atoms with van der Waals surface area (Å²) in [6.45, 7) is 1.67. The Morgan fingerprint density at radius 1 is 1.07 bits per heavy atom. The molecule has 1 aliphatic heterocycles. The molecule has 0 radical (unpaired) electrons. The SMILES string of the molecule is COC(CCNC(=O)c1ccn2ccnc2c1)c1csc(C2(c3ccc(C(=O)Nc4ccccc4N)cc3)CCOCC2)n1. The van der Waals surface area contributed by atoms with Crippen LogP contribution in [-0.2, 0) is 14.9 Å². The highest BCUT2D eigenvalue weighted by molar-refractivity contribution is 7.09. The molecular weight excluding hydrogens is 576 g/mol. The molecular formula is C33H34N6O4S. The number of methoxy groups -OCH3 is 1. The van der Waals surface area contributed by atoms with Crippen molar-refractivity contribution >= 4 is 40.2 Å². The van der Waals surface area contributed by atoms with Crippen LogP contribution in [0.3, 0.4) is 0 Å². The van der Waals surface area contributed by atoms with Gasteiger partial charge in [-0.1, -0.05) is 24.3 Å². The number of thiazole rings is 1. The molecule has 226 valence electrons. The number of hydrogen-bond donors (Lipinski definition) is 3. The van der Waals surface area contributed by atoms with E-state index in [0.29, 0.717) is 48.7 Å². The number of imidazole rings is 1. The van der Waals surface area contributed by atoms with E-state index in [-0.39, 0.29) is 23.3 Å². The van der Waals surface area contributed by atoms with Crippen LogP contribution in [0.2, 0.25) is 0 Å². The smallest absolute Gasteiger partial charge is 0.255 e. The number of hydrogen-bond acceptors (Lipinski definition) is 8. The lowest BCUT2D eigenvalue weighted by Gasteiger charge is -2.36. The van der Waals surface area contributed by atoms with Crippen LogP contribution in [0.1, 0.15) is 62.3 Å². The number of nitrogens with zero attached hydrogens (tertiary/aromatic N) is 3. The van der Waals surface area contributed by atoms with Crippen molar-refractivity contribution in [3.8, 4) is 0 Å².